The van der Waals surface area contributed by atoms with Gasteiger partial charge in [-0.05, 0) is 19.3 Å². The van der Waals surface area contributed by atoms with Crippen molar-refractivity contribution in [2.75, 3.05) is 6.61 Å². The van der Waals surface area contributed by atoms with E-state index in [4.69, 9.17) is 9.84 Å². The van der Waals surface area contributed by atoms with E-state index in [9.17, 15) is 9.59 Å². The number of rotatable bonds is 19. The zero-order chi connectivity index (χ0) is 19.3. The first-order valence-electron chi connectivity index (χ1n) is 10.7. The second-order valence-corrected chi connectivity index (χ2v) is 7.05. The third-order valence-corrected chi connectivity index (χ3v) is 4.48. The lowest BCUT2D eigenvalue weighted by molar-refractivity contribution is -0.147. The lowest BCUT2D eigenvalue weighted by Gasteiger charge is -2.02. The molecule has 26 heavy (non-hydrogen) atoms. The monoisotopic (exact) mass is 368 g/mol. The Kier molecular flexibility index (Phi) is 19.0. The molecule has 0 radical (unpaired) electrons. The fourth-order valence-corrected chi connectivity index (χ4v) is 2.86. The fraction of sp³-hybridized carbons (Fsp3) is 0.818. The highest BCUT2D eigenvalue weighted by molar-refractivity contribution is 5.76. The molecule has 4 heteroatoms. The van der Waals surface area contributed by atoms with E-state index in [2.05, 4.69) is 13.0 Å². The lowest BCUT2D eigenvalue weighted by Crippen LogP contribution is -2.07. The van der Waals surface area contributed by atoms with Gasteiger partial charge in [-0.2, -0.15) is 0 Å². The van der Waals surface area contributed by atoms with Gasteiger partial charge in [0.1, 0.15) is 0 Å². The molecule has 4 nitrogen and oxygen atoms in total. The summed E-state index contributed by atoms with van der Waals surface area (Å²) in [6.45, 7) is 2.60. The molecule has 0 aromatic carbocycles. The Labute approximate surface area is 160 Å². The van der Waals surface area contributed by atoms with Gasteiger partial charge in [0.25, 0.3) is 0 Å². The van der Waals surface area contributed by atoms with Crippen molar-refractivity contribution in [1.29, 1.82) is 0 Å². The van der Waals surface area contributed by atoms with Crippen LogP contribution in [0.4, 0.5) is 0 Å². The highest BCUT2D eigenvalue weighted by atomic mass is 16.5. The van der Waals surface area contributed by atoms with Crippen LogP contribution < -0.4 is 0 Å². The molecule has 0 aliphatic heterocycles. The van der Waals surface area contributed by atoms with Gasteiger partial charge in [0.2, 0.25) is 0 Å². The molecule has 0 aliphatic carbocycles. The summed E-state index contributed by atoms with van der Waals surface area (Å²) >= 11 is 0. The second-order valence-electron chi connectivity index (χ2n) is 7.05. The number of carbonyl (C=O) groups is 2. The molecule has 0 saturated heterocycles. The molecule has 0 atom stereocenters. The van der Waals surface area contributed by atoms with Crippen molar-refractivity contribution < 1.29 is 19.4 Å². The summed E-state index contributed by atoms with van der Waals surface area (Å²) in [4.78, 5) is 21.5. The van der Waals surface area contributed by atoms with Crippen LogP contribution in [0.25, 0.3) is 0 Å². The van der Waals surface area contributed by atoms with Gasteiger partial charge < -0.3 is 9.84 Å². The molecule has 0 unspecified atom stereocenters. The topological polar surface area (TPSA) is 63.6 Å². The van der Waals surface area contributed by atoms with E-state index in [1.54, 1.807) is 0 Å². The average molecular weight is 369 g/mol. The maximum atomic E-state index is 11.2. The van der Waals surface area contributed by atoms with Crippen molar-refractivity contribution in [3.05, 3.63) is 12.2 Å². The fourth-order valence-electron chi connectivity index (χ4n) is 2.86. The zero-order valence-electron chi connectivity index (χ0n) is 16.8. The van der Waals surface area contributed by atoms with E-state index in [0.717, 1.165) is 6.42 Å². The maximum absolute atomic E-state index is 11.2. The summed E-state index contributed by atoms with van der Waals surface area (Å²) in [6, 6.07) is 0. The third kappa shape index (κ3) is 20.7. The molecule has 152 valence electrons. The van der Waals surface area contributed by atoms with Crippen LogP contribution in [0.5, 0.6) is 0 Å². The molecule has 0 aromatic rings. The average Bonchev–Trinajstić information content (AvgIpc) is 2.62. The molecule has 0 amide bonds. The van der Waals surface area contributed by atoms with Crippen LogP contribution in [0.2, 0.25) is 0 Å². The second kappa shape index (κ2) is 20.0. The minimum atomic E-state index is -0.968. The SMILES string of the molecule is CCCCCCCCCCCCCCC=CCCOC(=O)CCC(=O)O. The largest absolute Gasteiger partial charge is 0.481 e. The summed E-state index contributed by atoms with van der Waals surface area (Å²) in [5.74, 6) is -1.40. The van der Waals surface area contributed by atoms with E-state index < -0.39 is 11.9 Å². The molecule has 0 fully saturated rings. The Hall–Kier alpha value is -1.32. The Morgan fingerprint density at radius 3 is 1.77 bits per heavy atom. The van der Waals surface area contributed by atoms with E-state index in [1.165, 1.54) is 77.0 Å². The van der Waals surface area contributed by atoms with Crippen LogP contribution in [0.15, 0.2) is 12.2 Å². The van der Waals surface area contributed by atoms with Crippen LogP contribution >= 0.6 is 0 Å². The maximum Gasteiger partial charge on any atom is 0.306 e. The summed E-state index contributed by atoms with van der Waals surface area (Å²) in [5.41, 5.74) is 0. The van der Waals surface area contributed by atoms with Crippen molar-refractivity contribution in [2.24, 2.45) is 0 Å². The number of hydrogen-bond acceptors (Lipinski definition) is 3. The van der Waals surface area contributed by atoms with Gasteiger partial charge in [0.15, 0.2) is 0 Å². The first-order chi connectivity index (χ1) is 12.7. The molecule has 1 N–H and O–H groups in total. The number of hydrogen-bond donors (Lipinski definition) is 1. The summed E-state index contributed by atoms with van der Waals surface area (Å²) < 4.78 is 4.96. The third-order valence-electron chi connectivity index (χ3n) is 4.48. The summed E-state index contributed by atoms with van der Waals surface area (Å²) in [6.07, 6.45) is 22.2. The Morgan fingerprint density at radius 2 is 1.23 bits per heavy atom. The van der Waals surface area contributed by atoms with Crippen molar-refractivity contribution >= 4 is 11.9 Å². The molecule has 0 saturated carbocycles. The van der Waals surface area contributed by atoms with E-state index in [-0.39, 0.29) is 12.8 Å². The van der Waals surface area contributed by atoms with Crippen molar-refractivity contribution in [1.82, 2.24) is 0 Å². The number of esters is 1. The molecule has 0 spiro atoms. The van der Waals surface area contributed by atoms with E-state index in [0.29, 0.717) is 13.0 Å². The van der Waals surface area contributed by atoms with Gasteiger partial charge >= 0.3 is 11.9 Å². The Morgan fingerprint density at radius 1 is 0.731 bits per heavy atom. The number of carbonyl (C=O) groups excluding carboxylic acids is 1. The normalized spacial score (nSPS) is 11.1. The van der Waals surface area contributed by atoms with Crippen molar-refractivity contribution in [3.8, 4) is 0 Å². The van der Waals surface area contributed by atoms with Crippen LogP contribution in [0, 0.1) is 0 Å². The smallest absolute Gasteiger partial charge is 0.306 e. The Balaban J connectivity index is 3.19. The summed E-state index contributed by atoms with van der Waals surface area (Å²) in [5, 5.41) is 8.46. The molecule has 0 bridgehead atoms. The van der Waals surface area contributed by atoms with Crippen LogP contribution in [0.3, 0.4) is 0 Å². The highest BCUT2D eigenvalue weighted by Gasteiger charge is 2.05. The van der Waals surface area contributed by atoms with Gasteiger partial charge in [-0.25, -0.2) is 0 Å². The number of carboxylic acids is 1. The van der Waals surface area contributed by atoms with Gasteiger partial charge in [-0.1, -0.05) is 89.7 Å². The minimum Gasteiger partial charge on any atom is -0.481 e. The first kappa shape index (κ1) is 24.7. The number of unbranched alkanes of at least 4 members (excludes halogenated alkanes) is 12. The standard InChI is InChI=1S/C22H40O4/c1-2-3-4-5-6-7-8-9-10-11-12-13-14-15-16-17-20-26-22(25)19-18-21(23)24/h15-16H,2-14,17-20H2,1H3,(H,23,24). The Bertz CT molecular complexity index is 363. The molecular formula is C22H40O4. The van der Waals surface area contributed by atoms with Crippen molar-refractivity contribution in [2.45, 2.75) is 110 Å². The first-order valence-corrected chi connectivity index (χ1v) is 10.7. The van der Waals surface area contributed by atoms with Crippen LogP contribution in [-0.4, -0.2) is 23.7 Å². The van der Waals surface area contributed by atoms with Gasteiger partial charge in [0, 0.05) is 0 Å². The molecule has 0 rings (SSSR count). The quantitative estimate of drug-likeness (QED) is 0.162. The number of aliphatic carboxylic acids is 1. The van der Waals surface area contributed by atoms with Crippen LogP contribution in [0.1, 0.15) is 110 Å². The molecule has 0 aromatic heterocycles. The summed E-state index contributed by atoms with van der Waals surface area (Å²) in [7, 11) is 0. The van der Waals surface area contributed by atoms with Gasteiger partial charge in [-0.15, -0.1) is 0 Å². The predicted octanol–water partition coefficient (Wildman–Crippen LogP) is 6.43. The predicted molar refractivity (Wildman–Crippen MR) is 107 cm³/mol. The van der Waals surface area contributed by atoms with Crippen LogP contribution in [-0.2, 0) is 14.3 Å². The van der Waals surface area contributed by atoms with Gasteiger partial charge in [0.05, 0.1) is 19.4 Å². The minimum absolute atomic E-state index is 0.0437. The van der Waals surface area contributed by atoms with Crippen molar-refractivity contribution in [3.63, 3.8) is 0 Å². The lowest BCUT2D eigenvalue weighted by atomic mass is 10.0. The molecular weight excluding hydrogens is 328 g/mol. The molecule has 0 aliphatic rings. The molecule has 0 heterocycles. The van der Waals surface area contributed by atoms with E-state index >= 15 is 0 Å². The number of allylic oxidation sites excluding steroid dienone is 1. The zero-order valence-corrected chi connectivity index (χ0v) is 16.8. The van der Waals surface area contributed by atoms with Gasteiger partial charge in [-0.3, -0.25) is 9.59 Å². The highest BCUT2D eigenvalue weighted by Crippen LogP contribution is 2.12. The number of carboxylic acid groups (broad SMARTS) is 1. The van der Waals surface area contributed by atoms with E-state index in [1.807, 2.05) is 6.08 Å². The number of ether oxygens (including phenoxy) is 1.